The summed E-state index contributed by atoms with van der Waals surface area (Å²) in [6.45, 7) is 6.39. The molecule has 156 valence electrons. The lowest BCUT2D eigenvalue weighted by atomic mass is 10.1. The van der Waals surface area contributed by atoms with Gasteiger partial charge in [0.15, 0.2) is 0 Å². The monoisotopic (exact) mass is 416 g/mol. The minimum atomic E-state index is -0.553. The molecular formula is C23H29ClN2O3. The number of nitrogens with one attached hydrogen (secondary N) is 1. The second-order valence-electron chi connectivity index (χ2n) is 7.25. The quantitative estimate of drug-likeness (QED) is 0.582. The summed E-state index contributed by atoms with van der Waals surface area (Å²) in [6, 6.07) is 16.3. The molecule has 0 saturated carbocycles. The van der Waals surface area contributed by atoms with Crippen molar-refractivity contribution in [2.45, 2.75) is 52.2 Å². The molecule has 1 unspecified atom stereocenters. The van der Waals surface area contributed by atoms with Gasteiger partial charge in [-0.05, 0) is 57.0 Å². The van der Waals surface area contributed by atoms with E-state index in [1.165, 1.54) is 0 Å². The number of rotatable bonds is 10. The van der Waals surface area contributed by atoms with Crippen molar-refractivity contribution in [2.24, 2.45) is 0 Å². The van der Waals surface area contributed by atoms with Gasteiger partial charge in [0.2, 0.25) is 11.8 Å². The molecule has 2 aromatic rings. The molecule has 1 atom stereocenters. The number of benzene rings is 2. The van der Waals surface area contributed by atoms with Crippen LogP contribution in [0.1, 0.15) is 39.2 Å². The molecule has 0 saturated heterocycles. The molecule has 0 aliphatic rings. The Morgan fingerprint density at radius 3 is 2.31 bits per heavy atom. The molecule has 1 N–H and O–H groups in total. The zero-order valence-electron chi connectivity index (χ0n) is 17.2. The molecule has 0 bridgehead atoms. The summed E-state index contributed by atoms with van der Waals surface area (Å²) in [6.07, 6.45) is 0.866. The van der Waals surface area contributed by atoms with Crippen molar-refractivity contribution in [3.8, 4) is 5.75 Å². The number of halogens is 1. The van der Waals surface area contributed by atoms with E-state index in [0.29, 0.717) is 36.8 Å². The predicted octanol–water partition coefficient (Wildman–Crippen LogP) is 4.44. The maximum atomic E-state index is 12.9. The van der Waals surface area contributed by atoms with Gasteiger partial charge in [-0.25, -0.2) is 0 Å². The molecule has 6 heteroatoms. The van der Waals surface area contributed by atoms with Gasteiger partial charge in [-0.2, -0.15) is 0 Å². The molecule has 0 aliphatic heterocycles. The SMILES string of the molecule is CC(C)NC(=O)C(C)N(Cc1ccccc1)C(=O)CCCOc1ccc(Cl)cc1. The van der Waals surface area contributed by atoms with Gasteiger partial charge in [-0.3, -0.25) is 9.59 Å². The van der Waals surface area contributed by atoms with Crippen molar-refractivity contribution in [1.29, 1.82) is 0 Å². The fourth-order valence-electron chi connectivity index (χ4n) is 2.86. The molecule has 29 heavy (non-hydrogen) atoms. The van der Waals surface area contributed by atoms with Crippen molar-refractivity contribution >= 4 is 23.4 Å². The van der Waals surface area contributed by atoms with Crippen LogP contribution in [0.2, 0.25) is 5.02 Å². The summed E-state index contributed by atoms with van der Waals surface area (Å²) in [7, 11) is 0. The third kappa shape index (κ3) is 7.78. The van der Waals surface area contributed by atoms with E-state index in [1.807, 2.05) is 44.2 Å². The smallest absolute Gasteiger partial charge is 0.242 e. The van der Waals surface area contributed by atoms with Crippen LogP contribution in [0.4, 0.5) is 0 Å². The van der Waals surface area contributed by atoms with Crippen LogP contribution in [0.3, 0.4) is 0 Å². The van der Waals surface area contributed by atoms with E-state index in [0.717, 1.165) is 5.56 Å². The molecule has 2 aromatic carbocycles. The topological polar surface area (TPSA) is 58.6 Å². The van der Waals surface area contributed by atoms with Crippen molar-refractivity contribution in [1.82, 2.24) is 10.2 Å². The first-order valence-corrected chi connectivity index (χ1v) is 10.3. The number of carbonyl (C=O) groups is 2. The van der Waals surface area contributed by atoms with Gasteiger partial charge in [0.1, 0.15) is 11.8 Å². The second kappa shape index (κ2) is 11.5. The number of nitrogens with zero attached hydrogens (tertiary/aromatic N) is 1. The first kappa shape index (κ1) is 22.8. The van der Waals surface area contributed by atoms with Crippen LogP contribution < -0.4 is 10.1 Å². The van der Waals surface area contributed by atoms with Crippen LogP contribution in [-0.2, 0) is 16.1 Å². The fourth-order valence-corrected chi connectivity index (χ4v) is 2.98. The summed E-state index contributed by atoms with van der Waals surface area (Å²) in [5, 5.41) is 3.54. The van der Waals surface area contributed by atoms with Crippen LogP contribution in [0.15, 0.2) is 54.6 Å². The second-order valence-corrected chi connectivity index (χ2v) is 7.69. The van der Waals surface area contributed by atoms with E-state index in [1.54, 1.807) is 36.1 Å². The largest absolute Gasteiger partial charge is 0.494 e. The molecule has 0 fully saturated rings. The molecule has 2 rings (SSSR count). The van der Waals surface area contributed by atoms with Crippen LogP contribution in [-0.4, -0.2) is 35.4 Å². The Morgan fingerprint density at radius 1 is 1.03 bits per heavy atom. The minimum Gasteiger partial charge on any atom is -0.494 e. The van der Waals surface area contributed by atoms with Crippen LogP contribution >= 0.6 is 11.6 Å². The molecule has 0 heterocycles. The molecule has 0 radical (unpaired) electrons. The fraction of sp³-hybridized carbons (Fsp3) is 0.391. The highest BCUT2D eigenvalue weighted by molar-refractivity contribution is 6.30. The summed E-state index contributed by atoms with van der Waals surface area (Å²) in [4.78, 5) is 27.0. The van der Waals surface area contributed by atoms with E-state index in [4.69, 9.17) is 16.3 Å². The Hall–Kier alpha value is -2.53. The lowest BCUT2D eigenvalue weighted by Crippen LogP contribution is -2.49. The first-order chi connectivity index (χ1) is 13.9. The number of hydrogen-bond acceptors (Lipinski definition) is 3. The third-order valence-electron chi connectivity index (χ3n) is 4.41. The molecule has 0 aromatic heterocycles. The summed E-state index contributed by atoms with van der Waals surface area (Å²) < 4.78 is 5.66. The van der Waals surface area contributed by atoms with Crippen LogP contribution in [0.5, 0.6) is 5.75 Å². The zero-order chi connectivity index (χ0) is 21.2. The molecule has 5 nitrogen and oxygen atoms in total. The van der Waals surface area contributed by atoms with Gasteiger partial charge in [0.05, 0.1) is 6.61 Å². The third-order valence-corrected chi connectivity index (χ3v) is 4.66. The van der Waals surface area contributed by atoms with Crippen molar-refractivity contribution in [2.75, 3.05) is 6.61 Å². The van der Waals surface area contributed by atoms with Gasteiger partial charge < -0.3 is 15.0 Å². The number of amides is 2. The average Bonchev–Trinajstić information content (AvgIpc) is 2.70. The van der Waals surface area contributed by atoms with Gasteiger partial charge in [-0.1, -0.05) is 41.9 Å². The van der Waals surface area contributed by atoms with Crippen molar-refractivity contribution in [3.63, 3.8) is 0 Å². The molecule has 2 amide bonds. The van der Waals surface area contributed by atoms with Crippen LogP contribution in [0, 0.1) is 0 Å². The highest BCUT2D eigenvalue weighted by atomic mass is 35.5. The van der Waals surface area contributed by atoms with Crippen LogP contribution in [0.25, 0.3) is 0 Å². The normalized spacial score (nSPS) is 11.8. The summed E-state index contributed by atoms with van der Waals surface area (Å²) in [5.74, 6) is 0.495. The zero-order valence-corrected chi connectivity index (χ0v) is 18.0. The summed E-state index contributed by atoms with van der Waals surface area (Å²) >= 11 is 5.86. The average molecular weight is 417 g/mol. The molecule has 0 aliphatic carbocycles. The Kier molecular flexibility index (Phi) is 9.00. The van der Waals surface area contributed by atoms with E-state index in [9.17, 15) is 9.59 Å². The maximum absolute atomic E-state index is 12.9. The molecule has 0 spiro atoms. The van der Waals surface area contributed by atoms with E-state index < -0.39 is 6.04 Å². The minimum absolute atomic E-state index is 0.0198. The summed E-state index contributed by atoms with van der Waals surface area (Å²) in [5.41, 5.74) is 0.988. The Bertz CT molecular complexity index is 778. The van der Waals surface area contributed by atoms with Gasteiger partial charge in [0, 0.05) is 24.0 Å². The highest BCUT2D eigenvalue weighted by Crippen LogP contribution is 2.16. The number of hydrogen-bond donors (Lipinski definition) is 1. The van der Waals surface area contributed by atoms with E-state index >= 15 is 0 Å². The van der Waals surface area contributed by atoms with E-state index in [2.05, 4.69) is 5.32 Å². The lowest BCUT2D eigenvalue weighted by molar-refractivity contribution is -0.141. The standard InChI is InChI=1S/C23H29ClN2O3/c1-17(2)25-23(28)18(3)26(16-19-8-5-4-6-9-19)22(27)10-7-15-29-21-13-11-20(24)12-14-21/h4-6,8-9,11-14,17-18H,7,10,15-16H2,1-3H3,(H,25,28). The van der Waals surface area contributed by atoms with Gasteiger partial charge >= 0.3 is 0 Å². The first-order valence-electron chi connectivity index (χ1n) is 9.89. The van der Waals surface area contributed by atoms with E-state index in [-0.39, 0.29) is 17.9 Å². The number of ether oxygens (including phenoxy) is 1. The Balaban J connectivity index is 1.95. The van der Waals surface area contributed by atoms with Crippen molar-refractivity contribution < 1.29 is 14.3 Å². The highest BCUT2D eigenvalue weighted by Gasteiger charge is 2.26. The van der Waals surface area contributed by atoms with Gasteiger partial charge in [-0.15, -0.1) is 0 Å². The number of carbonyl (C=O) groups excluding carboxylic acids is 2. The van der Waals surface area contributed by atoms with Crippen molar-refractivity contribution in [3.05, 3.63) is 65.2 Å². The molecular weight excluding hydrogens is 388 g/mol. The Morgan fingerprint density at radius 2 is 1.69 bits per heavy atom. The Labute approximate surface area is 178 Å². The lowest BCUT2D eigenvalue weighted by Gasteiger charge is -2.29. The maximum Gasteiger partial charge on any atom is 0.242 e. The van der Waals surface area contributed by atoms with Gasteiger partial charge in [0.25, 0.3) is 0 Å². The predicted molar refractivity (Wildman–Crippen MR) is 116 cm³/mol.